The first-order valence-corrected chi connectivity index (χ1v) is 11.0. The Labute approximate surface area is 190 Å². The van der Waals surface area contributed by atoms with Crippen molar-refractivity contribution in [2.24, 2.45) is 0 Å². The highest BCUT2D eigenvalue weighted by molar-refractivity contribution is 9.10. The maximum atomic E-state index is 12.6. The number of carbonyl (C=O) groups is 2. The number of rotatable bonds is 6. The summed E-state index contributed by atoms with van der Waals surface area (Å²) in [6.07, 6.45) is -0.666. The molecule has 6 nitrogen and oxygen atoms in total. The lowest BCUT2D eigenvalue weighted by atomic mass is 10.1. The van der Waals surface area contributed by atoms with Gasteiger partial charge >= 0.3 is 0 Å². The second-order valence-corrected chi connectivity index (χ2v) is 8.64. The Balaban J connectivity index is 1.50. The van der Waals surface area contributed by atoms with E-state index < -0.39 is 6.10 Å². The van der Waals surface area contributed by atoms with Crippen molar-refractivity contribution in [2.75, 3.05) is 33.2 Å². The summed E-state index contributed by atoms with van der Waals surface area (Å²) >= 11 is 9.30. The summed E-state index contributed by atoms with van der Waals surface area (Å²) in [5.74, 6) is 0.373. The Hall–Kier alpha value is -2.09. The quantitative estimate of drug-likeness (QED) is 0.667. The number of hydrogen-bond acceptors (Lipinski definition) is 4. The molecule has 1 N–H and O–H groups in total. The zero-order valence-corrected chi connectivity index (χ0v) is 19.4. The molecule has 8 heteroatoms. The summed E-state index contributed by atoms with van der Waals surface area (Å²) in [7, 11) is 2.06. The van der Waals surface area contributed by atoms with Gasteiger partial charge in [0.1, 0.15) is 5.75 Å². The molecule has 30 heavy (non-hydrogen) atoms. The van der Waals surface area contributed by atoms with Crippen LogP contribution in [0, 0.1) is 0 Å². The third kappa shape index (κ3) is 5.97. The standard InChI is InChI=1S/C22H25BrClN3O3/c1-15(30-20-8-7-18(24)13-19(20)23)21(28)25-14-16-3-5-17(6-4-16)22(29)27-11-9-26(2)10-12-27/h3-8,13,15H,9-12,14H2,1-2H3,(H,25,28). The van der Waals surface area contributed by atoms with Crippen LogP contribution in [0.2, 0.25) is 5.02 Å². The molecule has 1 unspecified atom stereocenters. The fourth-order valence-corrected chi connectivity index (χ4v) is 3.88. The number of carbonyl (C=O) groups excluding carboxylic acids is 2. The zero-order chi connectivity index (χ0) is 21.7. The van der Waals surface area contributed by atoms with E-state index in [0.29, 0.717) is 27.4 Å². The number of likely N-dealkylation sites (N-methyl/N-ethyl adjacent to an activating group) is 1. The van der Waals surface area contributed by atoms with E-state index >= 15 is 0 Å². The van der Waals surface area contributed by atoms with Gasteiger partial charge in [-0.05, 0) is 65.8 Å². The van der Waals surface area contributed by atoms with Crippen LogP contribution in [0.1, 0.15) is 22.8 Å². The smallest absolute Gasteiger partial charge is 0.261 e. The molecule has 2 amide bonds. The summed E-state index contributed by atoms with van der Waals surface area (Å²) in [4.78, 5) is 29.1. The first-order valence-electron chi connectivity index (χ1n) is 9.79. The third-order valence-corrected chi connectivity index (χ3v) is 5.88. The van der Waals surface area contributed by atoms with Gasteiger partial charge in [0.15, 0.2) is 6.10 Å². The van der Waals surface area contributed by atoms with Crippen molar-refractivity contribution in [3.05, 3.63) is 63.1 Å². The molecule has 1 atom stereocenters. The predicted molar refractivity (Wildman–Crippen MR) is 121 cm³/mol. The number of halogens is 2. The van der Waals surface area contributed by atoms with Crippen molar-refractivity contribution < 1.29 is 14.3 Å². The summed E-state index contributed by atoms with van der Waals surface area (Å²) in [5.41, 5.74) is 1.58. The maximum Gasteiger partial charge on any atom is 0.261 e. The van der Waals surface area contributed by atoms with E-state index in [1.54, 1.807) is 25.1 Å². The molecule has 1 saturated heterocycles. The molecule has 1 aliphatic heterocycles. The minimum Gasteiger partial charge on any atom is -0.480 e. The average molecular weight is 495 g/mol. The lowest BCUT2D eigenvalue weighted by Crippen LogP contribution is -2.47. The van der Waals surface area contributed by atoms with E-state index in [0.717, 1.165) is 31.7 Å². The highest BCUT2D eigenvalue weighted by atomic mass is 79.9. The molecular formula is C22H25BrClN3O3. The zero-order valence-electron chi connectivity index (χ0n) is 17.0. The van der Waals surface area contributed by atoms with Crippen LogP contribution in [-0.4, -0.2) is 60.9 Å². The average Bonchev–Trinajstić information content (AvgIpc) is 2.74. The van der Waals surface area contributed by atoms with E-state index in [1.165, 1.54) is 0 Å². The highest BCUT2D eigenvalue weighted by Gasteiger charge is 2.20. The SMILES string of the molecule is CC(Oc1ccc(Cl)cc1Br)C(=O)NCc1ccc(C(=O)N2CCN(C)CC2)cc1. The number of hydrogen-bond donors (Lipinski definition) is 1. The van der Waals surface area contributed by atoms with Crippen molar-refractivity contribution in [3.63, 3.8) is 0 Å². The second kappa shape index (κ2) is 10.3. The van der Waals surface area contributed by atoms with Crippen molar-refractivity contribution in [3.8, 4) is 5.75 Å². The molecule has 0 saturated carbocycles. The number of amides is 2. The first kappa shape index (κ1) is 22.6. The number of nitrogens with one attached hydrogen (secondary N) is 1. The fourth-order valence-electron chi connectivity index (χ4n) is 3.10. The minimum atomic E-state index is -0.666. The van der Waals surface area contributed by atoms with Crippen LogP contribution in [0.3, 0.4) is 0 Å². The van der Waals surface area contributed by atoms with Crippen LogP contribution in [0.4, 0.5) is 0 Å². The van der Waals surface area contributed by atoms with Gasteiger partial charge < -0.3 is 19.9 Å². The van der Waals surface area contributed by atoms with Gasteiger partial charge in [-0.3, -0.25) is 9.59 Å². The number of piperazine rings is 1. The Morgan fingerprint density at radius 3 is 2.43 bits per heavy atom. The van der Waals surface area contributed by atoms with Crippen molar-refractivity contribution in [1.29, 1.82) is 0 Å². The lowest BCUT2D eigenvalue weighted by Gasteiger charge is -2.32. The third-order valence-electron chi connectivity index (χ3n) is 5.03. The highest BCUT2D eigenvalue weighted by Crippen LogP contribution is 2.28. The first-order chi connectivity index (χ1) is 14.3. The Morgan fingerprint density at radius 1 is 1.13 bits per heavy atom. The van der Waals surface area contributed by atoms with Crippen LogP contribution >= 0.6 is 27.5 Å². The predicted octanol–water partition coefficient (Wildman–Crippen LogP) is 3.57. The van der Waals surface area contributed by atoms with Gasteiger partial charge in [0.25, 0.3) is 11.8 Å². The molecule has 0 aromatic heterocycles. The molecular weight excluding hydrogens is 470 g/mol. The lowest BCUT2D eigenvalue weighted by molar-refractivity contribution is -0.127. The van der Waals surface area contributed by atoms with Crippen LogP contribution in [0.15, 0.2) is 46.9 Å². The molecule has 2 aromatic carbocycles. The largest absolute Gasteiger partial charge is 0.480 e. The van der Waals surface area contributed by atoms with Crippen LogP contribution in [0.25, 0.3) is 0 Å². The monoisotopic (exact) mass is 493 g/mol. The molecule has 0 spiro atoms. The number of benzene rings is 2. The van der Waals surface area contributed by atoms with Crippen molar-refractivity contribution in [1.82, 2.24) is 15.1 Å². The minimum absolute atomic E-state index is 0.0502. The number of ether oxygens (including phenoxy) is 1. The van der Waals surface area contributed by atoms with E-state index in [1.807, 2.05) is 29.2 Å². The van der Waals surface area contributed by atoms with E-state index in [-0.39, 0.29) is 11.8 Å². The van der Waals surface area contributed by atoms with Crippen LogP contribution in [0.5, 0.6) is 5.75 Å². The fraction of sp³-hybridized carbons (Fsp3) is 0.364. The van der Waals surface area contributed by atoms with Crippen LogP contribution < -0.4 is 10.1 Å². The summed E-state index contributed by atoms with van der Waals surface area (Å²) in [5, 5.41) is 3.44. The molecule has 1 aliphatic rings. The second-order valence-electron chi connectivity index (χ2n) is 7.35. The maximum absolute atomic E-state index is 12.6. The topological polar surface area (TPSA) is 61.9 Å². The van der Waals surface area contributed by atoms with Gasteiger partial charge in [0.2, 0.25) is 0 Å². The normalized spacial score (nSPS) is 15.5. The molecule has 0 bridgehead atoms. The van der Waals surface area contributed by atoms with Gasteiger partial charge in [-0.15, -0.1) is 0 Å². The molecule has 1 heterocycles. The van der Waals surface area contributed by atoms with Gasteiger partial charge in [-0.25, -0.2) is 0 Å². The van der Waals surface area contributed by atoms with E-state index in [2.05, 4.69) is 33.2 Å². The molecule has 1 fully saturated rings. The molecule has 160 valence electrons. The van der Waals surface area contributed by atoms with Crippen molar-refractivity contribution >= 4 is 39.3 Å². The Bertz CT molecular complexity index is 899. The molecule has 0 radical (unpaired) electrons. The van der Waals surface area contributed by atoms with Gasteiger partial charge in [0.05, 0.1) is 4.47 Å². The Morgan fingerprint density at radius 2 is 1.80 bits per heavy atom. The van der Waals surface area contributed by atoms with Crippen LogP contribution in [-0.2, 0) is 11.3 Å². The molecule has 2 aromatic rings. The molecule has 3 rings (SSSR count). The molecule has 0 aliphatic carbocycles. The number of nitrogens with zero attached hydrogens (tertiary/aromatic N) is 2. The van der Waals surface area contributed by atoms with Crippen molar-refractivity contribution in [2.45, 2.75) is 19.6 Å². The van der Waals surface area contributed by atoms with Gasteiger partial charge in [-0.2, -0.15) is 0 Å². The van der Waals surface area contributed by atoms with Gasteiger partial charge in [0, 0.05) is 43.3 Å². The van der Waals surface area contributed by atoms with E-state index in [9.17, 15) is 9.59 Å². The van der Waals surface area contributed by atoms with Gasteiger partial charge in [-0.1, -0.05) is 23.7 Å². The summed E-state index contributed by atoms with van der Waals surface area (Å²) < 4.78 is 6.39. The summed E-state index contributed by atoms with van der Waals surface area (Å²) in [6.45, 7) is 5.32. The summed E-state index contributed by atoms with van der Waals surface area (Å²) in [6, 6.07) is 12.5. The van der Waals surface area contributed by atoms with E-state index in [4.69, 9.17) is 16.3 Å². The Kier molecular flexibility index (Phi) is 7.75.